The van der Waals surface area contributed by atoms with E-state index in [1.54, 1.807) is 0 Å². The summed E-state index contributed by atoms with van der Waals surface area (Å²) in [6, 6.07) is 6.74. The average molecular weight is 235 g/mol. The molecule has 0 saturated carbocycles. The molecule has 1 aromatic heterocycles. The van der Waals surface area contributed by atoms with E-state index in [0.717, 1.165) is 26.1 Å². The number of nitrogens with one attached hydrogen (secondary N) is 1. The minimum absolute atomic E-state index is 0.624. The summed E-state index contributed by atoms with van der Waals surface area (Å²) >= 11 is 0. The van der Waals surface area contributed by atoms with Crippen molar-refractivity contribution in [2.75, 3.05) is 26.7 Å². The van der Waals surface area contributed by atoms with Crippen molar-refractivity contribution in [2.24, 2.45) is 0 Å². The Bertz CT molecular complexity index is 287. The molecule has 1 heterocycles. The van der Waals surface area contributed by atoms with Gasteiger partial charge < -0.3 is 10.2 Å². The van der Waals surface area contributed by atoms with E-state index >= 15 is 0 Å². The van der Waals surface area contributed by atoms with Gasteiger partial charge in [-0.3, -0.25) is 4.98 Å². The van der Waals surface area contributed by atoms with Gasteiger partial charge in [-0.15, -0.1) is 0 Å². The summed E-state index contributed by atoms with van der Waals surface area (Å²) in [5, 5.41) is 3.42. The Hall–Kier alpha value is -0.930. The van der Waals surface area contributed by atoms with Crippen LogP contribution >= 0.6 is 0 Å². The number of hydrogen-bond donors (Lipinski definition) is 1. The summed E-state index contributed by atoms with van der Waals surface area (Å²) in [6.07, 6.45) is 4.08. The van der Waals surface area contributed by atoms with E-state index in [9.17, 15) is 0 Å². The molecule has 17 heavy (non-hydrogen) atoms. The van der Waals surface area contributed by atoms with Gasteiger partial charge in [0.05, 0.1) is 0 Å². The first-order valence-electron chi connectivity index (χ1n) is 6.58. The van der Waals surface area contributed by atoms with E-state index in [0.29, 0.717) is 6.04 Å². The van der Waals surface area contributed by atoms with Crippen LogP contribution in [0.1, 0.15) is 26.0 Å². The maximum Gasteiger partial charge on any atom is 0.0416 e. The van der Waals surface area contributed by atoms with Crippen molar-refractivity contribution >= 4 is 0 Å². The third-order valence-electron chi connectivity index (χ3n) is 3.17. The summed E-state index contributed by atoms with van der Waals surface area (Å²) < 4.78 is 0. The highest BCUT2D eigenvalue weighted by Crippen LogP contribution is 2.03. The molecule has 0 aliphatic heterocycles. The van der Waals surface area contributed by atoms with Gasteiger partial charge in [-0.2, -0.15) is 0 Å². The van der Waals surface area contributed by atoms with Crippen LogP contribution < -0.4 is 5.32 Å². The average Bonchev–Trinajstić information content (AvgIpc) is 2.38. The van der Waals surface area contributed by atoms with Gasteiger partial charge in [0.15, 0.2) is 0 Å². The van der Waals surface area contributed by atoms with Crippen LogP contribution in [0.5, 0.6) is 0 Å². The number of hydrogen-bond acceptors (Lipinski definition) is 3. The Morgan fingerprint density at radius 1 is 1.35 bits per heavy atom. The van der Waals surface area contributed by atoms with E-state index < -0.39 is 0 Å². The zero-order valence-corrected chi connectivity index (χ0v) is 11.3. The first-order chi connectivity index (χ1) is 8.27. The number of pyridine rings is 1. The molecule has 0 spiro atoms. The molecule has 96 valence electrons. The summed E-state index contributed by atoms with van der Waals surface area (Å²) in [5.74, 6) is 0. The molecule has 0 aliphatic carbocycles. The monoisotopic (exact) mass is 235 g/mol. The van der Waals surface area contributed by atoms with E-state index in [1.165, 1.54) is 12.1 Å². The zero-order valence-electron chi connectivity index (χ0n) is 11.3. The quantitative estimate of drug-likeness (QED) is 0.746. The maximum absolute atomic E-state index is 4.36. The van der Waals surface area contributed by atoms with Gasteiger partial charge >= 0.3 is 0 Å². The molecule has 1 atom stereocenters. The zero-order chi connectivity index (χ0) is 12.5. The highest BCUT2D eigenvalue weighted by molar-refractivity contribution is 5.03. The summed E-state index contributed by atoms with van der Waals surface area (Å²) in [6.45, 7) is 7.59. The van der Waals surface area contributed by atoms with Crippen LogP contribution in [0.2, 0.25) is 0 Å². The van der Waals surface area contributed by atoms with Crippen LogP contribution in [0.3, 0.4) is 0 Å². The molecule has 0 aromatic carbocycles. The summed E-state index contributed by atoms with van der Waals surface area (Å²) in [4.78, 5) is 6.78. The molecule has 1 rings (SSSR count). The Morgan fingerprint density at radius 3 is 2.76 bits per heavy atom. The Balaban J connectivity index is 2.34. The Labute approximate surface area is 105 Å². The van der Waals surface area contributed by atoms with Gasteiger partial charge in [-0.05, 0) is 32.1 Å². The Kier molecular flexibility index (Phi) is 6.82. The predicted molar refractivity (Wildman–Crippen MR) is 73.2 cm³/mol. The maximum atomic E-state index is 4.36. The van der Waals surface area contributed by atoms with Crippen molar-refractivity contribution < 1.29 is 0 Å². The predicted octanol–water partition coefficient (Wildman–Crippen LogP) is 1.94. The SMILES string of the molecule is CCNCC(CC)N(C)CCc1ccccn1. The summed E-state index contributed by atoms with van der Waals surface area (Å²) in [7, 11) is 2.20. The van der Waals surface area contributed by atoms with Crippen molar-refractivity contribution in [1.82, 2.24) is 15.2 Å². The van der Waals surface area contributed by atoms with Crippen LogP contribution in [0.15, 0.2) is 24.4 Å². The molecule has 3 nitrogen and oxygen atoms in total. The number of nitrogens with zero attached hydrogens (tertiary/aromatic N) is 2. The van der Waals surface area contributed by atoms with E-state index in [4.69, 9.17) is 0 Å². The minimum Gasteiger partial charge on any atom is -0.315 e. The molecule has 0 aliphatic rings. The topological polar surface area (TPSA) is 28.2 Å². The van der Waals surface area contributed by atoms with Crippen molar-refractivity contribution in [2.45, 2.75) is 32.7 Å². The minimum atomic E-state index is 0.624. The van der Waals surface area contributed by atoms with Gasteiger partial charge in [0.1, 0.15) is 0 Å². The standard InChI is InChI=1S/C14H25N3/c1-4-14(12-15-5-2)17(3)11-9-13-8-6-7-10-16-13/h6-8,10,14-15H,4-5,9,11-12H2,1-3H3. The fourth-order valence-corrected chi connectivity index (χ4v) is 1.94. The highest BCUT2D eigenvalue weighted by atomic mass is 15.1. The third-order valence-corrected chi connectivity index (χ3v) is 3.17. The first kappa shape index (κ1) is 14.1. The van der Waals surface area contributed by atoms with Crippen LogP contribution in [0, 0.1) is 0 Å². The third kappa shape index (κ3) is 5.29. The summed E-state index contributed by atoms with van der Waals surface area (Å²) in [5.41, 5.74) is 1.18. The second-order valence-corrected chi connectivity index (χ2v) is 4.42. The molecular weight excluding hydrogens is 210 g/mol. The highest BCUT2D eigenvalue weighted by Gasteiger charge is 2.11. The lowest BCUT2D eigenvalue weighted by Crippen LogP contribution is -2.40. The fraction of sp³-hybridized carbons (Fsp3) is 0.643. The smallest absolute Gasteiger partial charge is 0.0416 e. The molecule has 0 fully saturated rings. The van der Waals surface area contributed by atoms with Gasteiger partial charge in [-0.1, -0.05) is 19.9 Å². The lowest BCUT2D eigenvalue weighted by molar-refractivity contribution is 0.232. The van der Waals surface area contributed by atoms with Crippen molar-refractivity contribution in [3.8, 4) is 0 Å². The van der Waals surface area contributed by atoms with Gasteiger partial charge in [0, 0.05) is 37.4 Å². The van der Waals surface area contributed by atoms with Crippen LogP contribution in [-0.4, -0.2) is 42.6 Å². The van der Waals surface area contributed by atoms with E-state index in [1.807, 2.05) is 12.3 Å². The van der Waals surface area contributed by atoms with E-state index in [-0.39, 0.29) is 0 Å². The van der Waals surface area contributed by atoms with Crippen molar-refractivity contribution in [3.63, 3.8) is 0 Å². The molecule has 0 amide bonds. The largest absolute Gasteiger partial charge is 0.315 e. The van der Waals surface area contributed by atoms with Crippen LogP contribution in [-0.2, 0) is 6.42 Å². The van der Waals surface area contributed by atoms with Gasteiger partial charge in [-0.25, -0.2) is 0 Å². The molecule has 1 N–H and O–H groups in total. The van der Waals surface area contributed by atoms with Crippen LogP contribution in [0.4, 0.5) is 0 Å². The van der Waals surface area contributed by atoms with E-state index in [2.05, 4.69) is 48.2 Å². The number of rotatable bonds is 8. The second kappa shape index (κ2) is 8.20. The number of aromatic nitrogens is 1. The first-order valence-corrected chi connectivity index (χ1v) is 6.58. The van der Waals surface area contributed by atoms with Crippen molar-refractivity contribution in [1.29, 1.82) is 0 Å². The molecule has 0 radical (unpaired) electrons. The Morgan fingerprint density at radius 2 is 2.18 bits per heavy atom. The van der Waals surface area contributed by atoms with Crippen LogP contribution in [0.25, 0.3) is 0 Å². The molecular formula is C14H25N3. The van der Waals surface area contributed by atoms with Gasteiger partial charge in [0.25, 0.3) is 0 Å². The lowest BCUT2D eigenvalue weighted by Gasteiger charge is -2.27. The molecule has 0 saturated heterocycles. The fourth-order valence-electron chi connectivity index (χ4n) is 1.94. The lowest BCUT2D eigenvalue weighted by atomic mass is 10.1. The normalized spacial score (nSPS) is 12.9. The molecule has 1 aromatic rings. The van der Waals surface area contributed by atoms with Crippen molar-refractivity contribution in [3.05, 3.63) is 30.1 Å². The van der Waals surface area contributed by atoms with Gasteiger partial charge in [0.2, 0.25) is 0 Å². The second-order valence-electron chi connectivity index (χ2n) is 4.42. The molecule has 0 bridgehead atoms. The molecule has 3 heteroatoms. The number of likely N-dealkylation sites (N-methyl/N-ethyl adjacent to an activating group) is 2. The molecule has 1 unspecified atom stereocenters.